The average Bonchev–Trinajstić information content (AvgIpc) is 2.53. The molecule has 0 atom stereocenters. The van der Waals surface area contributed by atoms with Crippen molar-refractivity contribution < 1.29 is 9.94 Å². The van der Waals surface area contributed by atoms with Gasteiger partial charge < -0.3 is 4.74 Å². The van der Waals surface area contributed by atoms with Gasteiger partial charge in [0.15, 0.2) is 0 Å². The lowest BCUT2D eigenvalue weighted by atomic mass is 10.1. The number of ether oxygens (including phenoxy) is 1. The minimum absolute atomic E-state index is 0.0274. The van der Waals surface area contributed by atoms with Crippen molar-refractivity contribution in [1.29, 1.82) is 5.41 Å². The first-order valence-electron chi connectivity index (χ1n) is 7.11. The van der Waals surface area contributed by atoms with Crippen molar-refractivity contribution >= 4 is 5.84 Å². The van der Waals surface area contributed by atoms with Gasteiger partial charge in [-0.05, 0) is 62.1 Å². The first-order valence-corrected chi connectivity index (χ1v) is 7.11. The Bertz CT molecular complexity index is 621. The van der Waals surface area contributed by atoms with Gasteiger partial charge in [-0.15, -0.1) is 0 Å². The molecule has 0 amide bonds. The van der Waals surface area contributed by atoms with E-state index in [4.69, 9.17) is 15.4 Å². The molecule has 6 heteroatoms. The average molecular weight is 300 g/mol. The molecular formula is C16H20N4O2. The highest BCUT2D eigenvalue weighted by Crippen LogP contribution is 2.25. The van der Waals surface area contributed by atoms with Gasteiger partial charge in [-0.25, -0.2) is 0 Å². The summed E-state index contributed by atoms with van der Waals surface area (Å²) in [4.78, 5) is 0. The van der Waals surface area contributed by atoms with Crippen LogP contribution in [0.3, 0.4) is 0 Å². The Kier molecular flexibility index (Phi) is 5.43. The molecule has 0 aliphatic rings. The van der Waals surface area contributed by atoms with Gasteiger partial charge in [0.2, 0.25) is 0 Å². The Morgan fingerprint density at radius 1 is 1.32 bits per heavy atom. The molecule has 0 bridgehead atoms. The molecule has 1 aromatic heterocycles. The maximum Gasteiger partial charge on any atom is 0.149 e. The smallest absolute Gasteiger partial charge is 0.149 e. The summed E-state index contributed by atoms with van der Waals surface area (Å²) in [6.07, 6.45) is 3.34. The molecule has 6 nitrogen and oxygen atoms in total. The molecule has 0 saturated carbocycles. The fourth-order valence-electron chi connectivity index (χ4n) is 2.28. The van der Waals surface area contributed by atoms with Crippen LogP contribution in [0.2, 0.25) is 0 Å². The Balaban J connectivity index is 1.94. The lowest BCUT2D eigenvalue weighted by Crippen LogP contribution is -2.19. The first kappa shape index (κ1) is 15.9. The van der Waals surface area contributed by atoms with Gasteiger partial charge in [-0.1, -0.05) is 0 Å². The van der Waals surface area contributed by atoms with Crippen LogP contribution in [-0.2, 0) is 6.42 Å². The molecule has 1 heterocycles. The van der Waals surface area contributed by atoms with Gasteiger partial charge in [-0.2, -0.15) is 10.2 Å². The third kappa shape index (κ3) is 4.02. The van der Waals surface area contributed by atoms with Gasteiger partial charge in [0.1, 0.15) is 11.6 Å². The van der Waals surface area contributed by atoms with Crippen LogP contribution in [0.25, 0.3) is 0 Å². The molecule has 116 valence electrons. The molecule has 0 radical (unpaired) electrons. The number of hydrogen-bond acceptors (Lipinski definition) is 5. The SMILES string of the molecule is Cc1cc(C(=N)NO)cc(C)c1OCCCc1cccnn1. The van der Waals surface area contributed by atoms with Crippen LogP contribution in [0.1, 0.15) is 28.8 Å². The van der Waals surface area contributed by atoms with Crippen molar-refractivity contribution in [3.05, 3.63) is 52.8 Å². The zero-order chi connectivity index (χ0) is 15.9. The van der Waals surface area contributed by atoms with Crippen molar-refractivity contribution in [2.45, 2.75) is 26.7 Å². The Morgan fingerprint density at radius 3 is 2.64 bits per heavy atom. The molecule has 0 fully saturated rings. The summed E-state index contributed by atoms with van der Waals surface area (Å²) in [5, 5.41) is 24.3. The highest BCUT2D eigenvalue weighted by atomic mass is 16.5. The molecule has 0 aliphatic carbocycles. The molecule has 22 heavy (non-hydrogen) atoms. The number of benzene rings is 1. The second kappa shape index (κ2) is 7.51. The Labute approximate surface area is 129 Å². The Morgan fingerprint density at radius 2 is 2.05 bits per heavy atom. The summed E-state index contributed by atoms with van der Waals surface area (Å²) in [5.41, 5.74) is 5.32. The van der Waals surface area contributed by atoms with Crippen molar-refractivity contribution in [2.24, 2.45) is 0 Å². The van der Waals surface area contributed by atoms with Gasteiger partial charge in [0.25, 0.3) is 0 Å². The third-order valence-electron chi connectivity index (χ3n) is 3.31. The molecule has 0 spiro atoms. The predicted molar refractivity (Wildman–Crippen MR) is 83.5 cm³/mol. The molecule has 0 unspecified atom stereocenters. The minimum Gasteiger partial charge on any atom is -0.493 e. The number of hydrogen-bond donors (Lipinski definition) is 3. The second-order valence-electron chi connectivity index (χ2n) is 5.09. The van der Waals surface area contributed by atoms with Gasteiger partial charge in [0, 0.05) is 11.8 Å². The Hall–Kier alpha value is -2.47. The topological polar surface area (TPSA) is 91.1 Å². The molecule has 2 aromatic rings. The molecule has 0 saturated heterocycles. The second-order valence-corrected chi connectivity index (χ2v) is 5.09. The maximum atomic E-state index is 8.80. The summed E-state index contributed by atoms with van der Waals surface area (Å²) in [6.45, 7) is 4.45. The van der Waals surface area contributed by atoms with E-state index in [2.05, 4.69) is 10.2 Å². The van der Waals surface area contributed by atoms with E-state index in [1.165, 1.54) is 0 Å². The van der Waals surface area contributed by atoms with Crippen LogP contribution in [0.4, 0.5) is 0 Å². The molecule has 0 aliphatic heterocycles. The maximum absolute atomic E-state index is 8.80. The van der Waals surface area contributed by atoms with E-state index in [-0.39, 0.29) is 5.84 Å². The quantitative estimate of drug-likeness (QED) is 0.330. The number of hydroxylamine groups is 1. The summed E-state index contributed by atoms with van der Waals surface area (Å²) in [6, 6.07) is 7.46. The standard InChI is InChI=1S/C16H20N4O2/c1-11-9-13(16(17)20-21)10-12(2)15(11)22-8-4-6-14-5-3-7-18-19-14/h3,5,7,9-10,21H,4,6,8H2,1-2H3,(H2,17,20). The lowest BCUT2D eigenvalue weighted by Gasteiger charge is -2.14. The van der Waals surface area contributed by atoms with Crippen molar-refractivity contribution in [3.63, 3.8) is 0 Å². The van der Waals surface area contributed by atoms with E-state index in [0.717, 1.165) is 35.4 Å². The van der Waals surface area contributed by atoms with Gasteiger partial charge >= 0.3 is 0 Å². The number of nitrogens with one attached hydrogen (secondary N) is 2. The van der Waals surface area contributed by atoms with Crippen molar-refractivity contribution in [1.82, 2.24) is 15.7 Å². The number of aryl methyl sites for hydroxylation is 3. The van der Waals surface area contributed by atoms with Crippen LogP contribution in [0, 0.1) is 19.3 Å². The molecular weight excluding hydrogens is 280 g/mol. The predicted octanol–water partition coefficient (Wildman–Crippen LogP) is 2.41. The number of nitrogens with zero attached hydrogens (tertiary/aromatic N) is 2. The van der Waals surface area contributed by atoms with Gasteiger partial charge in [-0.3, -0.25) is 16.1 Å². The summed E-state index contributed by atoms with van der Waals surface area (Å²) in [7, 11) is 0. The number of rotatable bonds is 6. The van der Waals surface area contributed by atoms with Crippen LogP contribution in [0.15, 0.2) is 30.5 Å². The first-order chi connectivity index (χ1) is 10.6. The van der Waals surface area contributed by atoms with E-state index < -0.39 is 0 Å². The van der Waals surface area contributed by atoms with Crippen LogP contribution in [-0.4, -0.2) is 27.8 Å². The van der Waals surface area contributed by atoms with Gasteiger partial charge in [0.05, 0.1) is 12.3 Å². The van der Waals surface area contributed by atoms with Crippen LogP contribution >= 0.6 is 0 Å². The summed E-state index contributed by atoms with van der Waals surface area (Å²) >= 11 is 0. The monoisotopic (exact) mass is 300 g/mol. The highest BCUT2D eigenvalue weighted by Gasteiger charge is 2.09. The minimum atomic E-state index is -0.0274. The third-order valence-corrected chi connectivity index (χ3v) is 3.31. The highest BCUT2D eigenvalue weighted by molar-refractivity contribution is 5.96. The van der Waals surface area contributed by atoms with E-state index in [0.29, 0.717) is 12.2 Å². The fourth-order valence-corrected chi connectivity index (χ4v) is 2.28. The zero-order valence-electron chi connectivity index (χ0n) is 12.8. The zero-order valence-corrected chi connectivity index (χ0v) is 12.8. The van der Waals surface area contributed by atoms with E-state index in [9.17, 15) is 0 Å². The van der Waals surface area contributed by atoms with E-state index >= 15 is 0 Å². The summed E-state index contributed by atoms with van der Waals surface area (Å²) < 4.78 is 5.86. The normalized spacial score (nSPS) is 10.3. The fraction of sp³-hybridized carbons (Fsp3) is 0.312. The van der Waals surface area contributed by atoms with Crippen molar-refractivity contribution in [3.8, 4) is 5.75 Å². The number of aromatic nitrogens is 2. The molecule has 2 rings (SSSR count). The largest absolute Gasteiger partial charge is 0.493 e. The van der Waals surface area contributed by atoms with Crippen molar-refractivity contribution in [2.75, 3.05) is 6.61 Å². The van der Waals surface area contributed by atoms with Crippen LogP contribution < -0.4 is 10.2 Å². The van der Waals surface area contributed by atoms with E-state index in [1.807, 2.05) is 43.6 Å². The number of amidine groups is 1. The van der Waals surface area contributed by atoms with E-state index in [1.54, 1.807) is 6.20 Å². The lowest BCUT2D eigenvalue weighted by molar-refractivity contribution is 0.234. The van der Waals surface area contributed by atoms with Crippen LogP contribution in [0.5, 0.6) is 5.75 Å². The summed E-state index contributed by atoms with van der Waals surface area (Å²) in [5.74, 6) is 0.800. The molecule has 3 N–H and O–H groups in total. The molecule has 1 aromatic carbocycles.